The average Bonchev–Trinajstić information content (AvgIpc) is 3.00. The van der Waals surface area contributed by atoms with Gasteiger partial charge in [-0.3, -0.25) is 0 Å². The van der Waals surface area contributed by atoms with Crippen LogP contribution < -0.4 is 4.74 Å². The van der Waals surface area contributed by atoms with Gasteiger partial charge < -0.3 is 14.5 Å². The van der Waals surface area contributed by atoms with Gasteiger partial charge >= 0.3 is 5.97 Å². The Balaban J connectivity index is 2.03. The summed E-state index contributed by atoms with van der Waals surface area (Å²) in [7, 11) is 0. The van der Waals surface area contributed by atoms with Gasteiger partial charge in [-0.2, -0.15) is 4.39 Å². The lowest BCUT2D eigenvalue weighted by Crippen LogP contribution is -2.08. The predicted octanol–water partition coefficient (Wildman–Crippen LogP) is 4.42. The van der Waals surface area contributed by atoms with Crippen LogP contribution in [0, 0.1) is 11.6 Å². The predicted molar refractivity (Wildman–Crippen MR) is 80.7 cm³/mol. The van der Waals surface area contributed by atoms with Crippen molar-refractivity contribution in [2.24, 2.45) is 0 Å². The molecule has 2 aromatic carbocycles. The van der Waals surface area contributed by atoms with Gasteiger partial charge in [0, 0.05) is 17.1 Å². The van der Waals surface area contributed by atoms with E-state index >= 15 is 0 Å². The number of aromatic nitrogens is 1. The monoisotopic (exact) mass is 317 g/mol. The van der Waals surface area contributed by atoms with Gasteiger partial charge in [0.25, 0.3) is 0 Å². The molecule has 0 spiro atoms. The fourth-order valence-electron chi connectivity index (χ4n) is 2.21. The molecule has 0 unspecified atom stereocenters. The topological polar surface area (TPSA) is 51.3 Å². The fourth-order valence-corrected chi connectivity index (χ4v) is 2.21. The minimum absolute atomic E-state index is 0.118. The van der Waals surface area contributed by atoms with Crippen LogP contribution in [0.4, 0.5) is 8.78 Å². The van der Waals surface area contributed by atoms with Gasteiger partial charge in [0.2, 0.25) is 5.82 Å². The smallest absolute Gasteiger partial charge is 0.342 e. The lowest BCUT2D eigenvalue weighted by Gasteiger charge is -2.12. The summed E-state index contributed by atoms with van der Waals surface area (Å²) in [6, 6.07) is 8.82. The van der Waals surface area contributed by atoms with Crippen molar-refractivity contribution < 1.29 is 23.0 Å². The number of rotatable bonds is 4. The van der Waals surface area contributed by atoms with Gasteiger partial charge in [-0.25, -0.2) is 9.18 Å². The highest BCUT2D eigenvalue weighted by Crippen LogP contribution is 2.32. The van der Waals surface area contributed by atoms with Crippen molar-refractivity contribution in [1.82, 2.24) is 4.98 Å². The van der Waals surface area contributed by atoms with Gasteiger partial charge in [-0.05, 0) is 43.3 Å². The lowest BCUT2D eigenvalue weighted by molar-refractivity contribution is 0.0522. The zero-order chi connectivity index (χ0) is 16.4. The summed E-state index contributed by atoms with van der Waals surface area (Å²) < 4.78 is 37.9. The largest absolute Gasteiger partial charge is 0.462 e. The minimum atomic E-state index is -1.23. The van der Waals surface area contributed by atoms with Crippen molar-refractivity contribution in [1.29, 1.82) is 0 Å². The highest BCUT2D eigenvalue weighted by Gasteiger charge is 2.22. The molecule has 23 heavy (non-hydrogen) atoms. The second-order valence-corrected chi connectivity index (χ2v) is 4.79. The Labute approximate surface area is 130 Å². The number of aromatic amines is 1. The SMILES string of the molecule is CCOC(=O)c1ccc(F)c(F)c1Oc1ccc2[nH]ccc2c1. The number of halogens is 2. The number of H-pyrrole nitrogens is 1. The van der Waals surface area contributed by atoms with Crippen LogP contribution in [-0.2, 0) is 4.74 Å². The molecule has 0 atom stereocenters. The van der Waals surface area contributed by atoms with E-state index in [1.165, 1.54) is 0 Å². The van der Waals surface area contributed by atoms with Crippen LogP contribution in [0.1, 0.15) is 17.3 Å². The molecule has 0 aliphatic heterocycles. The van der Waals surface area contributed by atoms with Crippen LogP contribution >= 0.6 is 0 Å². The number of carbonyl (C=O) groups excluding carboxylic acids is 1. The van der Waals surface area contributed by atoms with Crippen LogP contribution in [0.3, 0.4) is 0 Å². The molecule has 1 aromatic heterocycles. The quantitative estimate of drug-likeness (QED) is 0.725. The van der Waals surface area contributed by atoms with Crippen LogP contribution in [0.2, 0.25) is 0 Å². The first-order chi connectivity index (χ1) is 11.1. The summed E-state index contributed by atoms with van der Waals surface area (Å²) in [5.74, 6) is -3.31. The number of carbonyl (C=O) groups is 1. The molecular formula is C17H13F2NO3. The van der Waals surface area contributed by atoms with Gasteiger partial charge in [-0.1, -0.05) is 0 Å². The second kappa shape index (κ2) is 6.08. The maximum atomic E-state index is 14.1. The number of benzene rings is 2. The summed E-state index contributed by atoms with van der Waals surface area (Å²) in [5.41, 5.74) is 0.711. The summed E-state index contributed by atoms with van der Waals surface area (Å²) >= 11 is 0. The molecule has 6 heteroatoms. The summed E-state index contributed by atoms with van der Waals surface area (Å²) in [4.78, 5) is 14.9. The Kier molecular flexibility index (Phi) is 3.97. The Morgan fingerprint density at radius 3 is 2.78 bits per heavy atom. The van der Waals surface area contributed by atoms with E-state index in [2.05, 4.69) is 4.98 Å². The molecule has 3 rings (SSSR count). The molecule has 0 amide bonds. The van der Waals surface area contributed by atoms with E-state index in [0.29, 0.717) is 0 Å². The molecule has 0 radical (unpaired) electrons. The first-order valence-corrected chi connectivity index (χ1v) is 7.00. The molecular weight excluding hydrogens is 304 g/mol. The molecule has 0 aliphatic rings. The molecule has 1 N–H and O–H groups in total. The van der Waals surface area contributed by atoms with Crippen LogP contribution in [0.15, 0.2) is 42.6 Å². The number of ether oxygens (including phenoxy) is 2. The maximum Gasteiger partial charge on any atom is 0.342 e. The molecule has 4 nitrogen and oxygen atoms in total. The molecule has 0 bridgehead atoms. The Morgan fingerprint density at radius 2 is 2.00 bits per heavy atom. The van der Waals surface area contributed by atoms with Gasteiger partial charge in [-0.15, -0.1) is 0 Å². The normalized spacial score (nSPS) is 10.7. The summed E-state index contributed by atoms with van der Waals surface area (Å²) in [6.07, 6.45) is 1.75. The van der Waals surface area contributed by atoms with E-state index in [-0.39, 0.29) is 17.9 Å². The first kappa shape index (κ1) is 15.0. The van der Waals surface area contributed by atoms with E-state index in [9.17, 15) is 13.6 Å². The van der Waals surface area contributed by atoms with E-state index in [4.69, 9.17) is 9.47 Å². The molecule has 1 heterocycles. The molecule has 0 aliphatic carbocycles. The van der Waals surface area contributed by atoms with Gasteiger partial charge in [0.05, 0.1) is 6.61 Å². The number of hydrogen-bond donors (Lipinski definition) is 1. The van der Waals surface area contributed by atoms with E-state index in [1.807, 2.05) is 6.07 Å². The first-order valence-electron chi connectivity index (χ1n) is 7.00. The molecule has 3 aromatic rings. The minimum Gasteiger partial charge on any atom is -0.462 e. The summed E-state index contributed by atoms with van der Waals surface area (Å²) in [5, 5.41) is 0.844. The maximum absolute atomic E-state index is 14.1. The van der Waals surface area contributed by atoms with Crippen LogP contribution in [-0.4, -0.2) is 17.6 Å². The third-order valence-corrected chi connectivity index (χ3v) is 3.29. The van der Waals surface area contributed by atoms with Crippen molar-refractivity contribution in [2.45, 2.75) is 6.92 Å². The Morgan fingerprint density at radius 1 is 1.17 bits per heavy atom. The van der Waals surface area contributed by atoms with E-state index < -0.39 is 23.4 Å². The van der Waals surface area contributed by atoms with E-state index in [0.717, 1.165) is 23.0 Å². The van der Waals surface area contributed by atoms with E-state index in [1.54, 1.807) is 31.3 Å². The van der Waals surface area contributed by atoms with Crippen LogP contribution in [0.5, 0.6) is 11.5 Å². The highest BCUT2D eigenvalue weighted by molar-refractivity contribution is 5.92. The van der Waals surface area contributed by atoms with Crippen LogP contribution in [0.25, 0.3) is 10.9 Å². The lowest BCUT2D eigenvalue weighted by atomic mass is 10.2. The number of esters is 1. The molecule has 118 valence electrons. The Bertz CT molecular complexity index is 873. The number of fused-ring (bicyclic) bond motifs is 1. The van der Waals surface area contributed by atoms with Gasteiger partial charge in [0.1, 0.15) is 11.3 Å². The third-order valence-electron chi connectivity index (χ3n) is 3.29. The molecule has 0 saturated carbocycles. The third kappa shape index (κ3) is 2.88. The van der Waals surface area contributed by atoms with Crippen molar-refractivity contribution in [3.05, 3.63) is 59.8 Å². The van der Waals surface area contributed by atoms with Gasteiger partial charge in [0.15, 0.2) is 11.6 Å². The zero-order valence-electron chi connectivity index (χ0n) is 12.2. The average molecular weight is 317 g/mol. The number of hydrogen-bond acceptors (Lipinski definition) is 3. The van der Waals surface area contributed by atoms with Crippen molar-refractivity contribution in [3.63, 3.8) is 0 Å². The summed E-state index contributed by atoms with van der Waals surface area (Å²) in [6.45, 7) is 1.74. The highest BCUT2D eigenvalue weighted by atomic mass is 19.2. The second-order valence-electron chi connectivity index (χ2n) is 4.79. The standard InChI is InChI=1S/C17H13F2NO3/c1-2-22-17(21)12-4-5-13(18)15(19)16(12)23-11-3-6-14-10(9-11)7-8-20-14/h3-9,20H,2H2,1H3. The van der Waals surface area contributed by atoms with Crippen molar-refractivity contribution in [3.8, 4) is 11.5 Å². The number of nitrogens with one attached hydrogen (secondary N) is 1. The Hall–Kier alpha value is -2.89. The van der Waals surface area contributed by atoms with Crippen molar-refractivity contribution >= 4 is 16.9 Å². The molecule has 0 saturated heterocycles. The van der Waals surface area contributed by atoms with Crippen molar-refractivity contribution in [2.75, 3.05) is 6.61 Å². The fraction of sp³-hybridized carbons (Fsp3) is 0.118. The zero-order valence-corrected chi connectivity index (χ0v) is 12.2. The molecule has 0 fully saturated rings.